The second-order valence-electron chi connectivity index (χ2n) is 5.33. The molecule has 24 heavy (non-hydrogen) atoms. The number of likely N-dealkylation sites (N-methyl/N-ethyl adjacent to an activating group) is 1. The Kier molecular flexibility index (Phi) is 6.05. The van der Waals surface area contributed by atoms with Crippen molar-refractivity contribution in [2.24, 2.45) is 0 Å². The van der Waals surface area contributed by atoms with Crippen molar-refractivity contribution in [3.63, 3.8) is 0 Å². The zero-order valence-corrected chi connectivity index (χ0v) is 14.6. The minimum Gasteiger partial charge on any atom is -0.341 e. The fourth-order valence-electron chi connectivity index (χ4n) is 2.22. The molecule has 0 atom stereocenters. The maximum absolute atomic E-state index is 12.5. The van der Waals surface area contributed by atoms with E-state index in [1.807, 2.05) is 18.2 Å². The first kappa shape index (κ1) is 18.1. The summed E-state index contributed by atoms with van der Waals surface area (Å²) in [6, 6.07) is 11.7. The second kappa shape index (κ2) is 8.03. The first-order valence-corrected chi connectivity index (χ1v) is 9.17. The summed E-state index contributed by atoms with van der Waals surface area (Å²) in [6.07, 6.45) is 2.35. The van der Waals surface area contributed by atoms with Gasteiger partial charge in [0.25, 0.3) is 5.91 Å². The minimum atomic E-state index is -3.58. The largest absolute Gasteiger partial charge is 0.341 e. The molecule has 128 valence electrons. The molecule has 2 aromatic rings. The van der Waals surface area contributed by atoms with Crippen LogP contribution in [0.4, 0.5) is 0 Å². The average molecular weight is 347 g/mol. The number of nitrogens with one attached hydrogen (secondary N) is 1. The molecule has 0 aliphatic carbocycles. The van der Waals surface area contributed by atoms with Crippen molar-refractivity contribution in [3.05, 3.63) is 59.9 Å². The molecule has 1 aromatic heterocycles. The summed E-state index contributed by atoms with van der Waals surface area (Å²) in [5, 5.41) is 0. The lowest BCUT2D eigenvalue weighted by Crippen LogP contribution is -2.29. The van der Waals surface area contributed by atoms with Crippen LogP contribution in [0.15, 0.2) is 53.6 Å². The van der Waals surface area contributed by atoms with Crippen LogP contribution >= 0.6 is 0 Å². The van der Waals surface area contributed by atoms with E-state index in [-0.39, 0.29) is 10.8 Å². The lowest BCUT2D eigenvalue weighted by Gasteiger charge is -2.17. The van der Waals surface area contributed by atoms with E-state index in [9.17, 15) is 13.2 Å². The summed E-state index contributed by atoms with van der Waals surface area (Å²) in [4.78, 5) is 18.4. The highest BCUT2D eigenvalue weighted by molar-refractivity contribution is 7.89. The Balaban J connectivity index is 2.09. The molecule has 6 nitrogen and oxygen atoms in total. The molecule has 1 amide bonds. The fraction of sp³-hybridized carbons (Fsp3) is 0.294. The molecule has 0 bridgehead atoms. The van der Waals surface area contributed by atoms with Gasteiger partial charge in [-0.25, -0.2) is 13.1 Å². The van der Waals surface area contributed by atoms with E-state index in [1.165, 1.54) is 12.1 Å². The van der Waals surface area contributed by atoms with Crippen molar-refractivity contribution in [1.82, 2.24) is 14.6 Å². The third-order valence-electron chi connectivity index (χ3n) is 3.50. The number of pyridine rings is 1. The molecule has 0 spiro atoms. The quantitative estimate of drug-likeness (QED) is 0.827. The van der Waals surface area contributed by atoms with Crippen LogP contribution in [0.2, 0.25) is 0 Å². The third kappa shape index (κ3) is 4.62. The highest BCUT2D eigenvalue weighted by Crippen LogP contribution is 2.13. The number of amides is 1. The van der Waals surface area contributed by atoms with Gasteiger partial charge in [0, 0.05) is 44.0 Å². The van der Waals surface area contributed by atoms with Crippen LogP contribution in [0, 0.1) is 0 Å². The lowest BCUT2D eigenvalue weighted by atomic mass is 10.2. The summed E-state index contributed by atoms with van der Waals surface area (Å²) < 4.78 is 26.5. The molecule has 0 radical (unpaired) electrons. The summed E-state index contributed by atoms with van der Waals surface area (Å²) in [5.74, 6) is -0.223. The van der Waals surface area contributed by atoms with Gasteiger partial charge in [0.15, 0.2) is 0 Å². The third-order valence-corrected chi connectivity index (χ3v) is 5.05. The van der Waals surface area contributed by atoms with Gasteiger partial charge in [-0.3, -0.25) is 9.78 Å². The SMILES string of the molecule is CCNS(=O)(=O)c1cccc(C(=O)N(C)CCc2ccccn2)c1. The number of hydrogen-bond acceptors (Lipinski definition) is 4. The first-order chi connectivity index (χ1) is 11.4. The summed E-state index contributed by atoms with van der Waals surface area (Å²) in [5.41, 5.74) is 1.25. The number of carbonyl (C=O) groups is 1. The Labute approximate surface area is 142 Å². The molecule has 0 saturated heterocycles. The first-order valence-electron chi connectivity index (χ1n) is 7.69. The number of aromatic nitrogens is 1. The highest BCUT2D eigenvalue weighted by atomic mass is 32.2. The molecular formula is C17H21N3O3S. The van der Waals surface area contributed by atoms with Crippen molar-refractivity contribution in [2.75, 3.05) is 20.1 Å². The number of hydrogen-bond donors (Lipinski definition) is 1. The predicted molar refractivity (Wildman–Crippen MR) is 92.2 cm³/mol. The van der Waals surface area contributed by atoms with Crippen LogP contribution in [-0.2, 0) is 16.4 Å². The number of rotatable bonds is 7. The van der Waals surface area contributed by atoms with Crippen LogP contribution in [0.25, 0.3) is 0 Å². The van der Waals surface area contributed by atoms with Gasteiger partial charge in [-0.15, -0.1) is 0 Å². The highest BCUT2D eigenvalue weighted by Gasteiger charge is 2.17. The smallest absolute Gasteiger partial charge is 0.253 e. The van der Waals surface area contributed by atoms with Gasteiger partial charge in [0.2, 0.25) is 10.0 Å². The Morgan fingerprint density at radius 1 is 1.21 bits per heavy atom. The Morgan fingerprint density at radius 2 is 2.00 bits per heavy atom. The molecule has 7 heteroatoms. The number of benzene rings is 1. The lowest BCUT2D eigenvalue weighted by molar-refractivity contribution is 0.0796. The van der Waals surface area contributed by atoms with Crippen LogP contribution in [0.3, 0.4) is 0 Å². The number of carbonyl (C=O) groups excluding carboxylic acids is 1. The molecule has 0 unspecified atom stereocenters. The summed E-state index contributed by atoms with van der Waals surface area (Å²) >= 11 is 0. The van der Waals surface area contributed by atoms with Gasteiger partial charge in [0.1, 0.15) is 0 Å². The van der Waals surface area contributed by atoms with Gasteiger partial charge in [-0.05, 0) is 30.3 Å². The molecule has 2 rings (SSSR count). The van der Waals surface area contributed by atoms with Gasteiger partial charge in [0.05, 0.1) is 4.90 Å². The van der Waals surface area contributed by atoms with Crippen LogP contribution in [0.5, 0.6) is 0 Å². The van der Waals surface area contributed by atoms with E-state index < -0.39 is 10.0 Å². The van der Waals surface area contributed by atoms with Gasteiger partial charge < -0.3 is 4.90 Å². The van der Waals surface area contributed by atoms with Crippen molar-refractivity contribution in [3.8, 4) is 0 Å². The molecule has 1 N–H and O–H groups in total. The molecular weight excluding hydrogens is 326 g/mol. The van der Waals surface area contributed by atoms with Gasteiger partial charge >= 0.3 is 0 Å². The summed E-state index contributed by atoms with van der Waals surface area (Å²) in [6.45, 7) is 2.50. The van der Waals surface area contributed by atoms with Crippen LogP contribution in [-0.4, -0.2) is 44.3 Å². The molecule has 0 aliphatic heterocycles. The van der Waals surface area contributed by atoms with E-state index in [4.69, 9.17) is 0 Å². The molecule has 0 fully saturated rings. The topological polar surface area (TPSA) is 79.4 Å². The van der Waals surface area contributed by atoms with E-state index in [0.29, 0.717) is 25.1 Å². The molecule has 1 aromatic carbocycles. The van der Waals surface area contributed by atoms with E-state index in [2.05, 4.69) is 9.71 Å². The Hall–Kier alpha value is -2.25. The van der Waals surface area contributed by atoms with Crippen molar-refractivity contribution in [1.29, 1.82) is 0 Å². The normalized spacial score (nSPS) is 11.2. The maximum Gasteiger partial charge on any atom is 0.253 e. The number of sulfonamides is 1. The van der Waals surface area contributed by atoms with Crippen LogP contribution in [0.1, 0.15) is 23.0 Å². The Bertz CT molecular complexity index is 792. The van der Waals surface area contributed by atoms with Gasteiger partial charge in [-0.2, -0.15) is 0 Å². The second-order valence-corrected chi connectivity index (χ2v) is 7.09. The monoisotopic (exact) mass is 347 g/mol. The molecule has 1 heterocycles. The predicted octanol–water partition coefficient (Wildman–Crippen LogP) is 1.69. The van der Waals surface area contributed by atoms with E-state index in [1.54, 1.807) is 37.2 Å². The maximum atomic E-state index is 12.5. The standard InChI is InChI=1S/C17H21N3O3S/c1-3-19-24(22,23)16-9-6-7-14(13-16)17(21)20(2)12-10-15-8-4-5-11-18-15/h4-9,11,13,19H,3,10,12H2,1-2H3. The zero-order chi connectivity index (χ0) is 17.6. The van der Waals surface area contributed by atoms with E-state index >= 15 is 0 Å². The summed E-state index contributed by atoms with van der Waals surface area (Å²) in [7, 11) is -1.89. The van der Waals surface area contributed by atoms with E-state index in [0.717, 1.165) is 5.69 Å². The zero-order valence-electron chi connectivity index (χ0n) is 13.8. The van der Waals surface area contributed by atoms with Crippen molar-refractivity contribution >= 4 is 15.9 Å². The molecule has 0 saturated carbocycles. The van der Waals surface area contributed by atoms with Gasteiger partial charge in [-0.1, -0.05) is 19.1 Å². The minimum absolute atomic E-state index is 0.0910. The average Bonchev–Trinajstić information content (AvgIpc) is 2.60. The van der Waals surface area contributed by atoms with Crippen LogP contribution < -0.4 is 4.72 Å². The van der Waals surface area contributed by atoms with Crippen molar-refractivity contribution in [2.45, 2.75) is 18.2 Å². The van der Waals surface area contributed by atoms with Crippen molar-refractivity contribution < 1.29 is 13.2 Å². The molecule has 0 aliphatic rings. The Morgan fingerprint density at radius 3 is 2.67 bits per heavy atom. The number of nitrogens with zero attached hydrogens (tertiary/aromatic N) is 2. The fourth-order valence-corrected chi connectivity index (χ4v) is 3.31.